The zero-order valence-corrected chi connectivity index (χ0v) is 12.1. The summed E-state index contributed by atoms with van der Waals surface area (Å²) < 4.78 is 2.16. The Labute approximate surface area is 114 Å². The van der Waals surface area contributed by atoms with Gasteiger partial charge < -0.3 is 4.90 Å². The van der Waals surface area contributed by atoms with Crippen molar-refractivity contribution < 1.29 is 0 Å². The highest BCUT2D eigenvalue weighted by molar-refractivity contribution is 5.57. The molecular weight excluding hydrogens is 236 g/mol. The van der Waals surface area contributed by atoms with Crippen LogP contribution >= 0.6 is 0 Å². The van der Waals surface area contributed by atoms with Gasteiger partial charge in [0.1, 0.15) is 5.82 Å². The monoisotopic (exact) mass is 258 g/mol. The second kappa shape index (κ2) is 4.83. The second-order valence-electron chi connectivity index (χ2n) is 5.73. The highest BCUT2D eigenvalue weighted by Gasteiger charge is 2.22. The number of nitrogens with zero attached hydrogens (tertiary/aromatic N) is 4. The van der Waals surface area contributed by atoms with Gasteiger partial charge in [0.05, 0.1) is 0 Å². The third-order valence-electron chi connectivity index (χ3n) is 3.98. The Morgan fingerprint density at radius 3 is 2.58 bits per heavy atom. The Balaban J connectivity index is 2.22. The van der Waals surface area contributed by atoms with E-state index in [0.717, 1.165) is 24.6 Å². The summed E-state index contributed by atoms with van der Waals surface area (Å²) in [5.74, 6) is 2.62. The molecule has 2 aromatic rings. The SMILES string of the molecule is Cc1nc2nccn2c(N2CCCCC2)c1C(C)C. The molecule has 19 heavy (non-hydrogen) atoms. The van der Waals surface area contributed by atoms with Crippen molar-refractivity contribution in [1.82, 2.24) is 14.4 Å². The topological polar surface area (TPSA) is 33.4 Å². The lowest BCUT2D eigenvalue weighted by molar-refractivity contribution is 0.567. The summed E-state index contributed by atoms with van der Waals surface area (Å²) in [5.41, 5.74) is 2.49. The first-order chi connectivity index (χ1) is 9.18. The summed E-state index contributed by atoms with van der Waals surface area (Å²) in [5, 5.41) is 0. The maximum absolute atomic E-state index is 4.64. The standard InChI is InChI=1S/C15H22N4/c1-11(2)13-12(3)17-15-16-7-10-19(15)14(13)18-8-5-4-6-9-18/h7,10-11H,4-6,8-9H2,1-3H3. The van der Waals surface area contributed by atoms with Gasteiger partial charge >= 0.3 is 0 Å². The highest BCUT2D eigenvalue weighted by Crippen LogP contribution is 2.32. The number of rotatable bonds is 2. The van der Waals surface area contributed by atoms with Gasteiger partial charge in [-0.3, -0.25) is 4.40 Å². The second-order valence-corrected chi connectivity index (χ2v) is 5.73. The van der Waals surface area contributed by atoms with Gasteiger partial charge in [-0.05, 0) is 32.1 Å². The van der Waals surface area contributed by atoms with E-state index in [0.29, 0.717) is 5.92 Å². The zero-order chi connectivity index (χ0) is 13.4. The van der Waals surface area contributed by atoms with E-state index in [4.69, 9.17) is 0 Å². The summed E-state index contributed by atoms with van der Waals surface area (Å²) in [6.45, 7) is 8.91. The molecule has 1 aliphatic heterocycles. The van der Waals surface area contributed by atoms with E-state index in [1.807, 2.05) is 12.4 Å². The van der Waals surface area contributed by atoms with Crippen LogP contribution in [0.5, 0.6) is 0 Å². The molecule has 102 valence electrons. The number of hydrogen-bond acceptors (Lipinski definition) is 3. The lowest BCUT2D eigenvalue weighted by atomic mass is 10.0. The minimum atomic E-state index is 0.483. The fourth-order valence-electron chi connectivity index (χ4n) is 3.15. The maximum Gasteiger partial charge on any atom is 0.235 e. The zero-order valence-electron chi connectivity index (χ0n) is 12.1. The number of fused-ring (bicyclic) bond motifs is 1. The molecule has 3 rings (SSSR count). The number of aryl methyl sites for hydroxylation is 1. The van der Waals surface area contributed by atoms with Crippen LogP contribution in [0.1, 0.15) is 50.3 Å². The molecule has 4 nitrogen and oxygen atoms in total. The molecule has 2 aromatic heterocycles. The largest absolute Gasteiger partial charge is 0.357 e. The van der Waals surface area contributed by atoms with Gasteiger partial charge in [-0.1, -0.05) is 13.8 Å². The van der Waals surface area contributed by atoms with E-state index in [-0.39, 0.29) is 0 Å². The van der Waals surface area contributed by atoms with Crippen LogP contribution in [0.25, 0.3) is 5.78 Å². The lowest BCUT2D eigenvalue weighted by Gasteiger charge is -2.32. The molecule has 1 saturated heterocycles. The summed E-state index contributed by atoms with van der Waals surface area (Å²) in [6.07, 6.45) is 7.81. The average Bonchev–Trinajstić information content (AvgIpc) is 2.85. The van der Waals surface area contributed by atoms with Crippen molar-refractivity contribution in [2.24, 2.45) is 0 Å². The van der Waals surface area contributed by atoms with Crippen LogP contribution in [0.2, 0.25) is 0 Å². The lowest BCUT2D eigenvalue weighted by Crippen LogP contribution is -2.32. The number of hydrogen-bond donors (Lipinski definition) is 0. The van der Waals surface area contributed by atoms with Crippen LogP contribution in [-0.2, 0) is 0 Å². The van der Waals surface area contributed by atoms with Gasteiger partial charge in [-0.25, -0.2) is 9.97 Å². The molecule has 0 N–H and O–H groups in total. The summed E-state index contributed by atoms with van der Waals surface area (Å²) in [4.78, 5) is 11.5. The van der Waals surface area contributed by atoms with Crippen LogP contribution in [0.4, 0.5) is 5.82 Å². The van der Waals surface area contributed by atoms with E-state index in [1.54, 1.807) is 0 Å². The van der Waals surface area contributed by atoms with E-state index in [2.05, 4.69) is 40.0 Å². The molecule has 0 spiro atoms. The molecule has 0 bridgehead atoms. The molecule has 1 aliphatic rings. The van der Waals surface area contributed by atoms with Gasteiger partial charge in [0, 0.05) is 36.7 Å². The van der Waals surface area contributed by atoms with Gasteiger partial charge in [0.2, 0.25) is 5.78 Å². The normalized spacial score (nSPS) is 16.5. The Morgan fingerprint density at radius 2 is 1.89 bits per heavy atom. The molecule has 0 aliphatic carbocycles. The maximum atomic E-state index is 4.64. The first kappa shape index (κ1) is 12.5. The molecule has 0 aromatic carbocycles. The van der Waals surface area contributed by atoms with E-state index in [1.165, 1.54) is 30.6 Å². The number of piperidine rings is 1. The van der Waals surface area contributed by atoms with Gasteiger partial charge in [-0.15, -0.1) is 0 Å². The van der Waals surface area contributed by atoms with Crippen LogP contribution in [0, 0.1) is 6.92 Å². The Kier molecular flexibility index (Phi) is 3.17. The fraction of sp³-hybridized carbons (Fsp3) is 0.600. The third-order valence-corrected chi connectivity index (χ3v) is 3.98. The molecule has 1 fully saturated rings. The van der Waals surface area contributed by atoms with Crippen molar-refractivity contribution in [2.75, 3.05) is 18.0 Å². The Hall–Kier alpha value is -1.58. The van der Waals surface area contributed by atoms with Crippen molar-refractivity contribution >= 4 is 11.6 Å². The van der Waals surface area contributed by atoms with Crippen molar-refractivity contribution in [2.45, 2.75) is 46.0 Å². The predicted octanol–water partition coefficient (Wildman–Crippen LogP) is 3.15. The molecule has 0 unspecified atom stereocenters. The molecule has 3 heterocycles. The molecular formula is C15H22N4. The quantitative estimate of drug-likeness (QED) is 0.829. The van der Waals surface area contributed by atoms with E-state index >= 15 is 0 Å². The summed E-state index contributed by atoms with van der Waals surface area (Å²) >= 11 is 0. The van der Waals surface area contributed by atoms with Crippen molar-refractivity contribution in [3.63, 3.8) is 0 Å². The number of imidazole rings is 1. The van der Waals surface area contributed by atoms with Crippen molar-refractivity contribution in [3.05, 3.63) is 23.7 Å². The molecule has 4 heteroatoms. The average molecular weight is 258 g/mol. The molecule has 0 atom stereocenters. The first-order valence-corrected chi connectivity index (χ1v) is 7.27. The van der Waals surface area contributed by atoms with Gasteiger partial charge in [0.25, 0.3) is 0 Å². The Morgan fingerprint density at radius 1 is 1.16 bits per heavy atom. The minimum Gasteiger partial charge on any atom is -0.357 e. The smallest absolute Gasteiger partial charge is 0.235 e. The third kappa shape index (κ3) is 2.09. The Bertz CT molecular complexity index is 579. The van der Waals surface area contributed by atoms with Crippen LogP contribution in [0.15, 0.2) is 12.4 Å². The summed E-state index contributed by atoms with van der Waals surface area (Å²) in [7, 11) is 0. The molecule has 0 radical (unpaired) electrons. The van der Waals surface area contributed by atoms with Crippen LogP contribution in [0.3, 0.4) is 0 Å². The van der Waals surface area contributed by atoms with Crippen LogP contribution < -0.4 is 4.90 Å². The van der Waals surface area contributed by atoms with E-state index in [9.17, 15) is 0 Å². The summed E-state index contributed by atoms with van der Waals surface area (Å²) in [6, 6.07) is 0. The highest BCUT2D eigenvalue weighted by atomic mass is 15.3. The van der Waals surface area contributed by atoms with Crippen molar-refractivity contribution in [1.29, 1.82) is 0 Å². The molecule has 0 saturated carbocycles. The number of anilines is 1. The van der Waals surface area contributed by atoms with Gasteiger partial charge in [0.15, 0.2) is 0 Å². The fourth-order valence-corrected chi connectivity index (χ4v) is 3.15. The van der Waals surface area contributed by atoms with Crippen molar-refractivity contribution in [3.8, 4) is 0 Å². The minimum absolute atomic E-state index is 0.483. The first-order valence-electron chi connectivity index (χ1n) is 7.27. The molecule has 0 amide bonds. The predicted molar refractivity (Wildman–Crippen MR) is 77.9 cm³/mol. The van der Waals surface area contributed by atoms with Crippen LogP contribution in [-0.4, -0.2) is 27.5 Å². The number of aromatic nitrogens is 3. The van der Waals surface area contributed by atoms with Gasteiger partial charge in [-0.2, -0.15) is 0 Å². The van der Waals surface area contributed by atoms with E-state index < -0.39 is 0 Å².